The highest BCUT2D eigenvalue weighted by Crippen LogP contribution is 2.31. The summed E-state index contributed by atoms with van der Waals surface area (Å²) in [6, 6.07) is 21.0. The summed E-state index contributed by atoms with van der Waals surface area (Å²) in [5.74, 6) is 1.17. The lowest BCUT2D eigenvalue weighted by Gasteiger charge is -2.19. The molecule has 38 heavy (non-hydrogen) atoms. The molecular weight excluding hydrogens is 541 g/mol. The van der Waals surface area contributed by atoms with Gasteiger partial charge in [0.2, 0.25) is 0 Å². The van der Waals surface area contributed by atoms with Crippen LogP contribution in [0.5, 0.6) is 5.75 Å². The Kier molecular flexibility index (Phi) is 8.76. The van der Waals surface area contributed by atoms with Gasteiger partial charge in [0, 0.05) is 16.8 Å². The summed E-state index contributed by atoms with van der Waals surface area (Å²) in [6.45, 7) is 6.53. The van der Waals surface area contributed by atoms with Crippen LogP contribution in [0.25, 0.3) is 17.1 Å². The van der Waals surface area contributed by atoms with Gasteiger partial charge in [-0.15, -0.1) is 10.2 Å². The molecule has 0 aliphatic rings. The molecule has 1 N–H and O–H groups in total. The molecule has 0 saturated carbocycles. The number of hydrazone groups is 1. The van der Waals surface area contributed by atoms with Crippen molar-refractivity contribution in [1.29, 1.82) is 0 Å². The van der Waals surface area contributed by atoms with E-state index in [4.69, 9.17) is 27.9 Å². The maximum absolute atomic E-state index is 12.5. The van der Waals surface area contributed by atoms with E-state index in [9.17, 15) is 4.79 Å². The molecule has 0 saturated heterocycles. The highest BCUT2D eigenvalue weighted by Gasteiger charge is 2.19. The van der Waals surface area contributed by atoms with E-state index in [1.807, 2.05) is 41.0 Å². The number of rotatable bonds is 8. The topological polar surface area (TPSA) is 81.4 Å². The smallest absolute Gasteiger partial charge is 0.250 e. The fourth-order valence-corrected chi connectivity index (χ4v) is 4.84. The van der Waals surface area contributed by atoms with Gasteiger partial charge in [0.15, 0.2) is 11.0 Å². The highest BCUT2D eigenvalue weighted by atomic mass is 35.5. The number of amides is 1. The Morgan fingerprint density at radius 3 is 2.29 bits per heavy atom. The van der Waals surface area contributed by atoms with Gasteiger partial charge in [-0.3, -0.25) is 9.36 Å². The fraction of sp³-hybridized carbons (Fsp3) is 0.214. The molecule has 0 atom stereocenters. The monoisotopic (exact) mass is 567 g/mol. The summed E-state index contributed by atoms with van der Waals surface area (Å²) >= 11 is 13.5. The molecule has 3 aromatic carbocycles. The summed E-state index contributed by atoms with van der Waals surface area (Å²) in [7, 11) is 1.62. The quantitative estimate of drug-likeness (QED) is 0.144. The van der Waals surface area contributed by atoms with Crippen LogP contribution in [0.3, 0.4) is 0 Å². The van der Waals surface area contributed by atoms with Crippen LogP contribution in [-0.2, 0) is 10.2 Å². The van der Waals surface area contributed by atoms with Crippen molar-refractivity contribution < 1.29 is 9.53 Å². The number of nitrogens with one attached hydrogen (secondary N) is 1. The minimum Gasteiger partial charge on any atom is -0.497 e. The Balaban J connectivity index is 1.56. The van der Waals surface area contributed by atoms with E-state index < -0.39 is 0 Å². The van der Waals surface area contributed by atoms with E-state index in [2.05, 4.69) is 53.6 Å². The van der Waals surface area contributed by atoms with Crippen LogP contribution in [0.4, 0.5) is 0 Å². The predicted octanol–water partition coefficient (Wildman–Crippen LogP) is 6.79. The largest absolute Gasteiger partial charge is 0.497 e. The summed E-state index contributed by atoms with van der Waals surface area (Å²) < 4.78 is 7.24. The minimum atomic E-state index is -0.310. The van der Waals surface area contributed by atoms with Gasteiger partial charge >= 0.3 is 0 Å². The van der Waals surface area contributed by atoms with Crippen LogP contribution in [0.15, 0.2) is 77.0 Å². The Hall–Kier alpha value is -3.33. The van der Waals surface area contributed by atoms with Crippen molar-refractivity contribution in [3.05, 3.63) is 87.9 Å². The molecule has 10 heteroatoms. The van der Waals surface area contributed by atoms with Crippen LogP contribution in [0, 0.1) is 0 Å². The lowest BCUT2D eigenvalue weighted by Crippen LogP contribution is -2.20. The van der Waals surface area contributed by atoms with E-state index in [1.165, 1.54) is 23.5 Å². The molecule has 0 fully saturated rings. The van der Waals surface area contributed by atoms with E-state index in [-0.39, 0.29) is 17.1 Å². The first kappa shape index (κ1) is 27.7. The third kappa shape index (κ3) is 6.56. The Morgan fingerprint density at radius 2 is 1.68 bits per heavy atom. The van der Waals surface area contributed by atoms with Crippen molar-refractivity contribution in [1.82, 2.24) is 20.2 Å². The number of methoxy groups -OCH3 is 1. The van der Waals surface area contributed by atoms with Crippen molar-refractivity contribution in [3.63, 3.8) is 0 Å². The van der Waals surface area contributed by atoms with Crippen LogP contribution in [0.1, 0.15) is 31.9 Å². The number of hydrogen-bond donors (Lipinski definition) is 1. The molecule has 1 amide bonds. The molecule has 1 aromatic heterocycles. The van der Waals surface area contributed by atoms with Gasteiger partial charge in [0.05, 0.1) is 29.1 Å². The minimum absolute atomic E-state index is 0.0379. The van der Waals surface area contributed by atoms with Crippen molar-refractivity contribution >= 4 is 47.1 Å². The molecule has 0 unspecified atom stereocenters. The average Bonchev–Trinajstić information content (AvgIpc) is 3.33. The SMILES string of the molecule is COc1ccc(-n2c(SCC(=O)N/N=C/c3c(Cl)cccc3Cl)nnc2-c2ccc(C(C)(C)C)cc2)cc1. The maximum atomic E-state index is 12.5. The number of halogens is 2. The molecule has 1 heterocycles. The third-order valence-electron chi connectivity index (χ3n) is 5.69. The normalized spacial score (nSPS) is 11.6. The molecule has 4 rings (SSSR count). The van der Waals surface area contributed by atoms with Crippen molar-refractivity contribution in [2.45, 2.75) is 31.3 Å². The molecule has 196 valence electrons. The van der Waals surface area contributed by atoms with Gasteiger partial charge in [-0.25, -0.2) is 5.43 Å². The van der Waals surface area contributed by atoms with Crippen LogP contribution in [0.2, 0.25) is 10.0 Å². The average molecular weight is 569 g/mol. The molecule has 0 bridgehead atoms. The first-order chi connectivity index (χ1) is 18.2. The van der Waals surface area contributed by atoms with Crippen molar-refractivity contribution in [3.8, 4) is 22.8 Å². The molecular formula is C28H27Cl2N5O2S. The zero-order valence-corrected chi connectivity index (χ0v) is 23.7. The van der Waals surface area contributed by atoms with E-state index in [0.29, 0.717) is 26.6 Å². The highest BCUT2D eigenvalue weighted by molar-refractivity contribution is 7.99. The first-order valence-corrected chi connectivity index (χ1v) is 13.5. The standard InChI is InChI=1S/C28H27Cl2N5O2S/c1-28(2,3)19-10-8-18(9-11-19)26-33-34-27(35(26)20-12-14-21(37-4)15-13-20)38-17-25(36)32-31-16-22-23(29)6-5-7-24(22)30/h5-16H,17H2,1-4H3,(H,32,36)/b31-16+. The molecule has 0 aliphatic carbocycles. The lowest BCUT2D eigenvalue weighted by molar-refractivity contribution is -0.118. The van der Waals surface area contributed by atoms with E-state index >= 15 is 0 Å². The first-order valence-electron chi connectivity index (χ1n) is 11.8. The second kappa shape index (κ2) is 12.0. The summed E-state index contributed by atoms with van der Waals surface area (Å²) in [5.41, 5.74) is 6.06. The zero-order chi connectivity index (χ0) is 27.3. The third-order valence-corrected chi connectivity index (χ3v) is 7.28. The van der Waals surface area contributed by atoms with Gasteiger partial charge < -0.3 is 4.74 Å². The van der Waals surface area contributed by atoms with Gasteiger partial charge in [-0.2, -0.15) is 5.10 Å². The van der Waals surface area contributed by atoms with Crippen LogP contribution >= 0.6 is 35.0 Å². The van der Waals surface area contributed by atoms with Crippen molar-refractivity contribution in [2.75, 3.05) is 12.9 Å². The number of benzene rings is 3. The molecule has 0 aliphatic heterocycles. The number of ether oxygens (including phenoxy) is 1. The molecule has 0 radical (unpaired) electrons. The zero-order valence-electron chi connectivity index (χ0n) is 21.4. The van der Waals surface area contributed by atoms with Gasteiger partial charge in [0.1, 0.15) is 5.75 Å². The summed E-state index contributed by atoms with van der Waals surface area (Å²) in [4.78, 5) is 12.5. The van der Waals surface area contributed by atoms with Crippen LogP contribution in [-0.4, -0.2) is 39.7 Å². The maximum Gasteiger partial charge on any atom is 0.250 e. The molecule has 4 aromatic rings. The number of thioether (sulfide) groups is 1. The van der Waals surface area contributed by atoms with E-state index in [1.54, 1.807) is 25.3 Å². The van der Waals surface area contributed by atoms with E-state index in [0.717, 1.165) is 17.0 Å². The van der Waals surface area contributed by atoms with Gasteiger partial charge in [0.25, 0.3) is 5.91 Å². The lowest BCUT2D eigenvalue weighted by atomic mass is 9.87. The number of aromatic nitrogens is 3. The van der Waals surface area contributed by atoms with Crippen molar-refractivity contribution in [2.24, 2.45) is 5.10 Å². The number of hydrogen-bond acceptors (Lipinski definition) is 6. The van der Waals surface area contributed by atoms with Crippen LogP contribution < -0.4 is 10.2 Å². The Morgan fingerprint density at radius 1 is 1.03 bits per heavy atom. The number of carbonyl (C=O) groups excluding carboxylic acids is 1. The molecule has 7 nitrogen and oxygen atoms in total. The predicted molar refractivity (Wildman–Crippen MR) is 155 cm³/mol. The Labute approximate surface area is 236 Å². The second-order valence-corrected chi connectivity index (χ2v) is 11.1. The number of nitrogens with zero attached hydrogens (tertiary/aromatic N) is 4. The summed E-state index contributed by atoms with van der Waals surface area (Å²) in [6.07, 6.45) is 1.42. The fourth-order valence-electron chi connectivity index (χ4n) is 3.60. The summed E-state index contributed by atoms with van der Waals surface area (Å²) in [5, 5.41) is 14.3. The van der Waals surface area contributed by atoms with Gasteiger partial charge in [-0.1, -0.05) is 86.1 Å². The molecule has 0 spiro atoms. The Bertz CT molecular complexity index is 1430. The number of carbonyl (C=O) groups is 1. The van der Waals surface area contributed by atoms with Gasteiger partial charge in [-0.05, 0) is 47.4 Å². The second-order valence-electron chi connectivity index (χ2n) is 9.38.